The number of hydrogen-bond donors (Lipinski definition) is 1. The van der Waals surface area contributed by atoms with Gasteiger partial charge in [0.15, 0.2) is 0 Å². The van der Waals surface area contributed by atoms with Gasteiger partial charge in [-0.05, 0) is 55.8 Å². The number of sulfonamides is 1. The van der Waals surface area contributed by atoms with E-state index >= 15 is 0 Å². The van der Waals surface area contributed by atoms with Crippen molar-refractivity contribution in [2.75, 3.05) is 0 Å². The van der Waals surface area contributed by atoms with Crippen LogP contribution in [0.2, 0.25) is 0 Å². The van der Waals surface area contributed by atoms with Crippen LogP contribution in [0, 0.1) is 0 Å². The molecule has 0 bridgehead atoms. The molecule has 0 atom stereocenters. The Bertz CT molecular complexity index is 799. The first-order valence-electron chi connectivity index (χ1n) is 7.32. The van der Waals surface area contributed by atoms with Crippen molar-refractivity contribution in [2.24, 2.45) is 0 Å². The largest absolute Gasteiger partial charge is 0.457 e. The quantitative estimate of drug-likeness (QED) is 0.738. The lowest BCUT2D eigenvalue weighted by Gasteiger charge is -2.10. The van der Waals surface area contributed by atoms with Crippen molar-refractivity contribution < 1.29 is 17.9 Å². The zero-order chi connectivity index (χ0) is 17.7. The number of ether oxygens (including phenoxy) is 1. The molecular formula is C17H18BrNO4S. The maximum Gasteiger partial charge on any atom is 0.338 e. The van der Waals surface area contributed by atoms with Gasteiger partial charge in [-0.3, -0.25) is 0 Å². The minimum absolute atomic E-state index is 0.112. The molecule has 0 saturated heterocycles. The lowest BCUT2D eigenvalue weighted by molar-refractivity contribution is 0.0472. The summed E-state index contributed by atoms with van der Waals surface area (Å²) in [6.45, 7) is 3.64. The van der Waals surface area contributed by atoms with Crippen LogP contribution in [0.25, 0.3) is 0 Å². The molecule has 128 valence electrons. The molecule has 0 heterocycles. The number of hydrogen-bond acceptors (Lipinski definition) is 4. The van der Waals surface area contributed by atoms with Crippen LogP contribution in [0.5, 0.6) is 0 Å². The molecule has 0 unspecified atom stereocenters. The Hall–Kier alpha value is -1.70. The monoisotopic (exact) mass is 411 g/mol. The summed E-state index contributed by atoms with van der Waals surface area (Å²) in [7, 11) is -3.57. The normalized spacial score (nSPS) is 11.5. The van der Waals surface area contributed by atoms with Crippen LogP contribution < -0.4 is 4.72 Å². The average Bonchev–Trinajstić information content (AvgIpc) is 2.53. The highest BCUT2D eigenvalue weighted by Gasteiger charge is 2.16. The number of carbonyl (C=O) groups excluding carboxylic acids is 1. The summed E-state index contributed by atoms with van der Waals surface area (Å²) in [4.78, 5) is 12.1. The Balaban J connectivity index is 2.02. The van der Waals surface area contributed by atoms with Gasteiger partial charge in [0.2, 0.25) is 10.0 Å². The van der Waals surface area contributed by atoms with E-state index in [1.807, 2.05) is 24.3 Å². The van der Waals surface area contributed by atoms with Gasteiger partial charge >= 0.3 is 5.97 Å². The van der Waals surface area contributed by atoms with Crippen LogP contribution in [0.1, 0.15) is 29.8 Å². The van der Waals surface area contributed by atoms with E-state index in [2.05, 4.69) is 20.7 Å². The van der Waals surface area contributed by atoms with Crippen LogP contribution in [0.4, 0.5) is 0 Å². The SMILES string of the molecule is CC(C)NS(=O)(=O)c1ccc(C(=O)OCc2ccc(Br)cc2)cc1. The van der Waals surface area contributed by atoms with Gasteiger partial charge in [-0.25, -0.2) is 17.9 Å². The highest BCUT2D eigenvalue weighted by molar-refractivity contribution is 9.10. The van der Waals surface area contributed by atoms with Gasteiger partial charge in [0.1, 0.15) is 6.61 Å². The Kier molecular flexibility index (Phi) is 6.15. The number of benzene rings is 2. The number of esters is 1. The van der Waals surface area contributed by atoms with E-state index < -0.39 is 16.0 Å². The molecule has 1 N–H and O–H groups in total. The fraction of sp³-hybridized carbons (Fsp3) is 0.235. The molecule has 24 heavy (non-hydrogen) atoms. The van der Waals surface area contributed by atoms with Crippen LogP contribution in [0.3, 0.4) is 0 Å². The zero-order valence-electron chi connectivity index (χ0n) is 13.3. The van der Waals surface area contributed by atoms with E-state index in [-0.39, 0.29) is 17.5 Å². The average molecular weight is 412 g/mol. The van der Waals surface area contributed by atoms with Crippen molar-refractivity contribution in [3.63, 3.8) is 0 Å². The van der Waals surface area contributed by atoms with Crippen LogP contribution in [-0.4, -0.2) is 20.4 Å². The third-order valence-corrected chi connectivity index (χ3v) is 5.28. The van der Waals surface area contributed by atoms with Crippen LogP contribution in [-0.2, 0) is 21.4 Å². The van der Waals surface area contributed by atoms with E-state index in [4.69, 9.17) is 4.74 Å². The standard InChI is InChI=1S/C17H18BrNO4S/c1-12(2)19-24(21,22)16-9-5-14(6-10-16)17(20)23-11-13-3-7-15(18)8-4-13/h3-10,12,19H,11H2,1-2H3. The molecule has 2 aromatic rings. The fourth-order valence-electron chi connectivity index (χ4n) is 1.96. The lowest BCUT2D eigenvalue weighted by Crippen LogP contribution is -2.30. The minimum atomic E-state index is -3.57. The van der Waals surface area contributed by atoms with Crippen molar-refractivity contribution in [3.05, 3.63) is 64.1 Å². The van der Waals surface area contributed by atoms with Crippen molar-refractivity contribution in [3.8, 4) is 0 Å². The third-order valence-electron chi connectivity index (χ3n) is 3.07. The van der Waals surface area contributed by atoms with E-state index in [1.54, 1.807) is 13.8 Å². The summed E-state index contributed by atoms with van der Waals surface area (Å²) in [6, 6.07) is 12.9. The number of nitrogens with one attached hydrogen (secondary N) is 1. The second-order valence-electron chi connectivity index (χ2n) is 5.50. The Morgan fingerprint density at radius 3 is 2.21 bits per heavy atom. The number of rotatable bonds is 6. The Morgan fingerprint density at radius 2 is 1.67 bits per heavy atom. The van der Waals surface area contributed by atoms with Crippen molar-refractivity contribution in [1.29, 1.82) is 0 Å². The predicted molar refractivity (Wildman–Crippen MR) is 95.2 cm³/mol. The maximum atomic E-state index is 12.0. The molecule has 2 rings (SSSR count). The highest BCUT2D eigenvalue weighted by Crippen LogP contribution is 2.14. The lowest BCUT2D eigenvalue weighted by atomic mass is 10.2. The van der Waals surface area contributed by atoms with Crippen molar-refractivity contribution in [2.45, 2.75) is 31.4 Å². The first-order valence-corrected chi connectivity index (χ1v) is 9.59. The van der Waals surface area contributed by atoms with E-state index in [0.717, 1.165) is 10.0 Å². The molecule has 0 aromatic heterocycles. The second kappa shape index (κ2) is 7.92. The number of halogens is 1. The van der Waals surface area contributed by atoms with Crippen molar-refractivity contribution >= 4 is 31.9 Å². The molecule has 7 heteroatoms. The van der Waals surface area contributed by atoms with Gasteiger partial charge in [0.05, 0.1) is 10.5 Å². The fourth-order valence-corrected chi connectivity index (χ4v) is 3.48. The molecule has 0 aliphatic carbocycles. The molecule has 0 saturated carbocycles. The van der Waals surface area contributed by atoms with Crippen LogP contribution >= 0.6 is 15.9 Å². The summed E-state index contributed by atoms with van der Waals surface area (Å²) in [5.74, 6) is -0.501. The summed E-state index contributed by atoms with van der Waals surface area (Å²) in [5, 5.41) is 0. The van der Waals surface area contributed by atoms with Gasteiger partial charge < -0.3 is 4.74 Å². The Morgan fingerprint density at radius 1 is 1.08 bits per heavy atom. The van der Waals surface area contributed by atoms with Gasteiger partial charge in [-0.2, -0.15) is 0 Å². The summed E-state index contributed by atoms with van der Waals surface area (Å²) >= 11 is 3.34. The summed E-state index contributed by atoms with van der Waals surface area (Å²) in [5.41, 5.74) is 1.17. The molecule has 5 nitrogen and oxygen atoms in total. The number of carbonyl (C=O) groups is 1. The summed E-state index contributed by atoms with van der Waals surface area (Å²) in [6.07, 6.45) is 0. The van der Waals surface area contributed by atoms with Gasteiger partial charge in [-0.15, -0.1) is 0 Å². The first kappa shape index (κ1) is 18.6. The molecule has 0 radical (unpaired) electrons. The molecule has 0 aliphatic heterocycles. The Labute approximate surface area is 150 Å². The van der Waals surface area contributed by atoms with Crippen LogP contribution in [0.15, 0.2) is 57.9 Å². The third kappa shape index (κ3) is 5.15. The van der Waals surface area contributed by atoms with Crippen molar-refractivity contribution in [1.82, 2.24) is 4.72 Å². The van der Waals surface area contributed by atoms with Gasteiger partial charge in [-0.1, -0.05) is 28.1 Å². The summed E-state index contributed by atoms with van der Waals surface area (Å²) < 4.78 is 32.7. The smallest absolute Gasteiger partial charge is 0.338 e. The molecule has 0 amide bonds. The topological polar surface area (TPSA) is 72.5 Å². The second-order valence-corrected chi connectivity index (χ2v) is 8.13. The van der Waals surface area contributed by atoms with Gasteiger partial charge in [0, 0.05) is 10.5 Å². The van der Waals surface area contributed by atoms with E-state index in [9.17, 15) is 13.2 Å². The zero-order valence-corrected chi connectivity index (χ0v) is 15.7. The molecule has 0 spiro atoms. The molecule has 0 aliphatic rings. The minimum Gasteiger partial charge on any atom is -0.457 e. The van der Waals surface area contributed by atoms with E-state index in [0.29, 0.717) is 5.56 Å². The predicted octanol–water partition coefficient (Wildman–Crippen LogP) is 3.49. The highest BCUT2D eigenvalue weighted by atomic mass is 79.9. The molecular weight excluding hydrogens is 394 g/mol. The molecule has 0 fully saturated rings. The van der Waals surface area contributed by atoms with E-state index in [1.165, 1.54) is 24.3 Å². The van der Waals surface area contributed by atoms with Gasteiger partial charge in [0.25, 0.3) is 0 Å². The first-order chi connectivity index (χ1) is 11.3. The maximum absolute atomic E-state index is 12.0. The molecule has 2 aromatic carbocycles.